The van der Waals surface area contributed by atoms with E-state index in [1.165, 1.54) is 16.4 Å². The lowest BCUT2D eigenvalue weighted by Gasteiger charge is -2.38. The fourth-order valence-electron chi connectivity index (χ4n) is 2.52. The zero-order chi connectivity index (χ0) is 14.9. The van der Waals surface area contributed by atoms with Gasteiger partial charge < -0.3 is 5.73 Å². The number of likely N-dealkylation sites (N-methyl/N-ethyl adjacent to an activating group) is 1. The molecule has 1 unspecified atom stereocenters. The highest BCUT2D eigenvalue weighted by Gasteiger charge is 2.32. The van der Waals surface area contributed by atoms with E-state index in [9.17, 15) is 8.42 Å². The molecule has 0 amide bonds. The Morgan fingerprint density at radius 3 is 2.70 bits per heavy atom. The van der Waals surface area contributed by atoms with Gasteiger partial charge in [0.05, 0.1) is 5.69 Å². The van der Waals surface area contributed by atoms with Crippen molar-refractivity contribution in [3.63, 3.8) is 0 Å². The largest absolute Gasteiger partial charge is 0.398 e. The number of hydrogen-bond acceptors (Lipinski definition) is 4. The normalized spacial score (nSPS) is 22.1. The lowest BCUT2D eigenvalue weighted by atomic mass is 10.2. The second-order valence-corrected chi connectivity index (χ2v) is 7.37. The molecule has 0 saturated carbocycles. The van der Waals surface area contributed by atoms with Crippen molar-refractivity contribution in [1.82, 2.24) is 9.21 Å². The maximum absolute atomic E-state index is 12.7. The van der Waals surface area contributed by atoms with E-state index in [1.54, 1.807) is 6.07 Å². The summed E-state index contributed by atoms with van der Waals surface area (Å²) >= 11 is 5.89. The second kappa shape index (κ2) is 5.89. The van der Waals surface area contributed by atoms with Gasteiger partial charge in [-0.2, -0.15) is 4.31 Å². The molecule has 1 fully saturated rings. The van der Waals surface area contributed by atoms with Crippen molar-refractivity contribution in [2.24, 2.45) is 0 Å². The molecule has 2 rings (SSSR count). The lowest BCUT2D eigenvalue weighted by Crippen LogP contribution is -2.53. The maximum Gasteiger partial charge on any atom is 0.245 e. The molecule has 1 aromatic rings. The third kappa shape index (κ3) is 2.93. The van der Waals surface area contributed by atoms with Crippen molar-refractivity contribution in [1.29, 1.82) is 0 Å². The van der Waals surface area contributed by atoms with Crippen LogP contribution in [0.15, 0.2) is 23.1 Å². The van der Waals surface area contributed by atoms with Crippen LogP contribution in [-0.4, -0.2) is 49.8 Å². The maximum atomic E-state index is 12.7. The van der Waals surface area contributed by atoms with Crippen molar-refractivity contribution in [3.8, 4) is 0 Å². The summed E-state index contributed by atoms with van der Waals surface area (Å²) in [7, 11) is -3.58. The highest BCUT2D eigenvalue weighted by molar-refractivity contribution is 7.89. The molecular weight excluding hydrogens is 298 g/mol. The Hall–Kier alpha value is -0.820. The average Bonchev–Trinajstić information content (AvgIpc) is 2.41. The number of benzene rings is 1. The summed E-state index contributed by atoms with van der Waals surface area (Å²) in [5, 5.41) is 0.373. The van der Waals surface area contributed by atoms with Gasteiger partial charge in [0, 0.05) is 30.7 Å². The quantitative estimate of drug-likeness (QED) is 0.861. The molecule has 1 saturated heterocycles. The van der Waals surface area contributed by atoms with E-state index >= 15 is 0 Å². The minimum atomic E-state index is -3.58. The first-order chi connectivity index (χ1) is 9.36. The van der Waals surface area contributed by atoms with Gasteiger partial charge in [-0.3, -0.25) is 4.90 Å². The highest BCUT2D eigenvalue weighted by Crippen LogP contribution is 2.27. The van der Waals surface area contributed by atoms with Crippen LogP contribution in [0.4, 0.5) is 5.69 Å². The molecule has 0 radical (unpaired) electrons. The zero-order valence-electron chi connectivity index (χ0n) is 11.7. The third-order valence-electron chi connectivity index (χ3n) is 3.73. The molecule has 1 heterocycles. The molecule has 1 aliphatic rings. The van der Waals surface area contributed by atoms with Gasteiger partial charge in [0.15, 0.2) is 0 Å². The van der Waals surface area contributed by atoms with Crippen LogP contribution in [0, 0.1) is 0 Å². The van der Waals surface area contributed by atoms with Crippen LogP contribution in [0.1, 0.15) is 13.8 Å². The van der Waals surface area contributed by atoms with Crippen molar-refractivity contribution in [2.75, 3.05) is 31.9 Å². The number of piperazine rings is 1. The van der Waals surface area contributed by atoms with Gasteiger partial charge in [-0.15, -0.1) is 0 Å². The molecule has 112 valence electrons. The summed E-state index contributed by atoms with van der Waals surface area (Å²) in [6, 6.07) is 4.74. The standard InChI is InChI=1S/C13H20ClN3O2S/c1-3-16-6-7-17(9-10(16)2)20(18,19)13-8-11(14)4-5-12(13)15/h4-5,8,10H,3,6-7,9,15H2,1-2H3. The smallest absolute Gasteiger partial charge is 0.245 e. The molecule has 1 atom stereocenters. The Balaban J connectivity index is 2.30. The van der Waals surface area contributed by atoms with Gasteiger partial charge >= 0.3 is 0 Å². The Morgan fingerprint density at radius 1 is 1.40 bits per heavy atom. The summed E-state index contributed by atoms with van der Waals surface area (Å²) < 4.78 is 26.8. The second-order valence-electron chi connectivity index (χ2n) is 5.02. The molecule has 1 aromatic carbocycles. The van der Waals surface area contributed by atoms with Crippen molar-refractivity contribution >= 4 is 27.3 Å². The Morgan fingerprint density at radius 2 is 2.10 bits per heavy atom. The topological polar surface area (TPSA) is 66.6 Å². The fourth-order valence-corrected chi connectivity index (χ4v) is 4.41. The number of nitrogens with zero attached hydrogens (tertiary/aromatic N) is 2. The van der Waals surface area contributed by atoms with Crippen molar-refractivity contribution in [2.45, 2.75) is 24.8 Å². The van der Waals surface area contributed by atoms with E-state index in [0.29, 0.717) is 18.1 Å². The summed E-state index contributed by atoms with van der Waals surface area (Å²) in [5.74, 6) is 0. The number of nitrogens with two attached hydrogens (primary N) is 1. The summed E-state index contributed by atoms with van der Waals surface area (Å²) in [4.78, 5) is 2.36. The van der Waals surface area contributed by atoms with Gasteiger partial charge in [0.25, 0.3) is 0 Å². The van der Waals surface area contributed by atoms with Gasteiger partial charge in [-0.05, 0) is 31.7 Å². The van der Waals surface area contributed by atoms with Crippen LogP contribution in [-0.2, 0) is 10.0 Å². The van der Waals surface area contributed by atoms with E-state index < -0.39 is 10.0 Å². The molecule has 1 aliphatic heterocycles. The van der Waals surface area contributed by atoms with E-state index in [2.05, 4.69) is 11.8 Å². The van der Waals surface area contributed by atoms with Gasteiger partial charge in [0.2, 0.25) is 10.0 Å². The molecule has 2 N–H and O–H groups in total. The minimum Gasteiger partial charge on any atom is -0.398 e. The zero-order valence-corrected chi connectivity index (χ0v) is 13.3. The predicted octanol–water partition coefficient (Wildman–Crippen LogP) is 1.64. The van der Waals surface area contributed by atoms with Crippen molar-refractivity contribution < 1.29 is 8.42 Å². The number of hydrogen-bond donors (Lipinski definition) is 1. The van der Waals surface area contributed by atoms with E-state index in [0.717, 1.165) is 13.1 Å². The lowest BCUT2D eigenvalue weighted by molar-refractivity contribution is 0.135. The third-order valence-corrected chi connectivity index (χ3v) is 5.88. The molecular formula is C13H20ClN3O2S. The molecule has 0 bridgehead atoms. The first-order valence-electron chi connectivity index (χ1n) is 6.65. The van der Waals surface area contributed by atoms with E-state index in [1.807, 2.05) is 6.92 Å². The Labute approximate surface area is 125 Å². The summed E-state index contributed by atoms with van der Waals surface area (Å²) in [5.41, 5.74) is 6.03. The van der Waals surface area contributed by atoms with Crippen LogP contribution < -0.4 is 5.73 Å². The number of anilines is 1. The van der Waals surface area contributed by atoms with Gasteiger partial charge in [-0.1, -0.05) is 18.5 Å². The number of nitrogen functional groups attached to an aromatic ring is 1. The Kier molecular flexibility index (Phi) is 4.59. The first-order valence-corrected chi connectivity index (χ1v) is 8.47. The van der Waals surface area contributed by atoms with E-state index in [4.69, 9.17) is 17.3 Å². The molecule has 5 nitrogen and oxygen atoms in total. The molecule has 20 heavy (non-hydrogen) atoms. The van der Waals surface area contributed by atoms with Crippen LogP contribution in [0.5, 0.6) is 0 Å². The first kappa shape index (κ1) is 15.6. The molecule has 0 aliphatic carbocycles. The van der Waals surface area contributed by atoms with Gasteiger partial charge in [0.1, 0.15) is 4.90 Å². The van der Waals surface area contributed by atoms with Crippen molar-refractivity contribution in [3.05, 3.63) is 23.2 Å². The van der Waals surface area contributed by atoms with Crippen LogP contribution in [0.25, 0.3) is 0 Å². The fraction of sp³-hybridized carbons (Fsp3) is 0.538. The highest BCUT2D eigenvalue weighted by atomic mass is 35.5. The SMILES string of the molecule is CCN1CCN(S(=O)(=O)c2cc(Cl)ccc2N)CC1C. The summed E-state index contributed by atoms with van der Waals surface area (Å²) in [6.07, 6.45) is 0. The number of sulfonamides is 1. The molecule has 0 spiro atoms. The minimum absolute atomic E-state index is 0.0992. The number of halogens is 1. The average molecular weight is 318 g/mol. The van der Waals surface area contributed by atoms with Crippen LogP contribution in [0.3, 0.4) is 0 Å². The van der Waals surface area contributed by atoms with E-state index in [-0.39, 0.29) is 16.6 Å². The predicted molar refractivity (Wildman–Crippen MR) is 81.3 cm³/mol. The number of rotatable bonds is 3. The summed E-state index contributed by atoms with van der Waals surface area (Å²) in [6.45, 7) is 6.72. The molecule has 7 heteroatoms. The van der Waals surface area contributed by atoms with Crippen LogP contribution in [0.2, 0.25) is 5.02 Å². The Bertz CT molecular complexity index is 591. The monoisotopic (exact) mass is 317 g/mol. The molecule has 0 aromatic heterocycles. The van der Waals surface area contributed by atoms with Gasteiger partial charge in [-0.25, -0.2) is 8.42 Å². The van der Waals surface area contributed by atoms with Crippen LogP contribution >= 0.6 is 11.6 Å².